The number of ether oxygens (including phenoxy) is 1. The predicted molar refractivity (Wildman–Crippen MR) is 127 cm³/mol. The molecular weight excluding hydrogens is 481 g/mol. The summed E-state index contributed by atoms with van der Waals surface area (Å²) in [4.78, 5) is 34.7. The third-order valence-corrected chi connectivity index (χ3v) is 7.60. The second-order valence-electron chi connectivity index (χ2n) is 9.68. The highest BCUT2D eigenvalue weighted by molar-refractivity contribution is 7.09. The van der Waals surface area contributed by atoms with Crippen LogP contribution in [0.5, 0.6) is 0 Å². The van der Waals surface area contributed by atoms with Gasteiger partial charge in [-0.2, -0.15) is 18.2 Å². The smallest absolute Gasteiger partial charge is 0.416 e. The van der Waals surface area contributed by atoms with Crippen molar-refractivity contribution in [3.8, 4) is 0 Å². The van der Waals surface area contributed by atoms with Gasteiger partial charge in [-0.3, -0.25) is 9.69 Å². The van der Waals surface area contributed by atoms with Crippen molar-refractivity contribution in [2.75, 3.05) is 31.1 Å². The summed E-state index contributed by atoms with van der Waals surface area (Å²) in [5, 5.41) is 0. The van der Waals surface area contributed by atoms with E-state index in [9.17, 15) is 22.8 Å². The lowest BCUT2D eigenvalue weighted by atomic mass is 9.95. The number of aromatic nitrogens is 1. The van der Waals surface area contributed by atoms with Crippen LogP contribution in [0.25, 0.3) is 0 Å². The molecule has 2 saturated heterocycles. The molecule has 2 aromatic rings. The van der Waals surface area contributed by atoms with E-state index in [4.69, 9.17) is 4.74 Å². The average Bonchev–Trinajstić information content (AvgIpc) is 3.09. The highest BCUT2D eigenvalue weighted by Crippen LogP contribution is 2.35. The number of alkyl halides is 3. The van der Waals surface area contributed by atoms with Gasteiger partial charge >= 0.3 is 12.3 Å². The summed E-state index contributed by atoms with van der Waals surface area (Å²) in [5.41, 5.74) is -0.760. The Hall–Kier alpha value is -2.82. The van der Waals surface area contributed by atoms with Gasteiger partial charge in [-0.15, -0.1) is 11.3 Å². The molecule has 0 N–H and O–H groups in total. The third-order valence-electron chi connectivity index (χ3n) is 6.18. The molecule has 1 unspecified atom stereocenters. The van der Waals surface area contributed by atoms with Crippen LogP contribution in [-0.2, 0) is 16.3 Å². The molecule has 0 bridgehead atoms. The van der Waals surface area contributed by atoms with Gasteiger partial charge in [0, 0.05) is 42.8 Å². The van der Waals surface area contributed by atoms with Crippen LogP contribution < -0.4 is 9.70 Å². The number of benzene rings is 1. The minimum absolute atomic E-state index is 0.0763. The molecule has 0 radical (unpaired) electrons. The zero-order chi connectivity index (χ0) is 25.5. The number of carbonyl (C=O) groups is 2. The summed E-state index contributed by atoms with van der Waals surface area (Å²) in [6.45, 7) is 9.90. The number of amides is 2. The van der Waals surface area contributed by atoms with Crippen molar-refractivity contribution in [1.29, 1.82) is 0 Å². The van der Waals surface area contributed by atoms with E-state index in [2.05, 4.69) is 4.99 Å². The Labute approximate surface area is 205 Å². The quantitative estimate of drug-likeness (QED) is 0.569. The van der Waals surface area contributed by atoms with E-state index in [1.54, 1.807) is 16.4 Å². The zero-order valence-corrected chi connectivity index (χ0v) is 21.0. The topological polar surface area (TPSA) is 67.1 Å². The highest BCUT2D eigenvalue weighted by atomic mass is 32.1. The molecule has 7 nitrogen and oxygen atoms in total. The lowest BCUT2D eigenvalue weighted by Crippen LogP contribution is -2.50. The SMILES string of the molecule is CCOC(=O)N1CCC1n1cc(C(C)(C)C)s/c1=N\C(=O)c1cc(C(F)(F)F)ccc1N1CCC1. The maximum absolute atomic E-state index is 13.4. The Kier molecular flexibility index (Phi) is 6.74. The Morgan fingerprint density at radius 2 is 1.89 bits per heavy atom. The van der Waals surface area contributed by atoms with Crippen LogP contribution in [0, 0.1) is 0 Å². The fraction of sp³-hybridized carbons (Fsp3) is 0.542. The number of halogens is 3. The first-order valence-corrected chi connectivity index (χ1v) is 12.4. The highest BCUT2D eigenvalue weighted by Gasteiger charge is 2.37. The molecule has 35 heavy (non-hydrogen) atoms. The van der Waals surface area contributed by atoms with Crippen molar-refractivity contribution >= 4 is 29.0 Å². The van der Waals surface area contributed by atoms with Gasteiger partial charge in [0.1, 0.15) is 6.17 Å². The zero-order valence-electron chi connectivity index (χ0n) is 20.2. The number of nitrogens with zero attached hydrogens (tertiary/aromatic N) is 4. The normalized spacial score (nSPS) is 18.8. The van der Waals surface area contributed by atoms with Crippen molar-refractivity contribution in [2.24, 2.45) is 4.99 Å². The van der Waals surface area contributed by atoms with E-state index in [0.29, 0.717) is 36.5 Å². The van der Waals surface area contributed by atoms with E-state index in [-0.39, 0.29) is 23.8 Å². The summed E-state index contributed by atoms with van der Waals surface area (Å²) in [6.07, 6.45) is -1.95. The second-order valence-corrected chi connectivity index (χ2v) is 10.7. The summed E-state index contributed by atoms with van der Waals surface area (Å²) in [6, 6.07) is 3.23. The fourth-order valence-corrected chi connectivity index (χ4v) is 5.02. The molecule has 2 aliphatic heterocycles. The van der Waals surface area contributed by atoms with E-state index < -0.39 is 23.7 Å². The number of anilines is 1. The monoisotopic (exact) mass is 510 g/mol. The van der Waals surface area contributed by atoms with Crippen molar-refractivity contribution in [1.82, 2.24) is 9.47 Å². The first-order valence-electron chi connectivity index (χ1n) is 11.6. The summed E-state index contributed by atoms with van der Waals surface area (Å²) in [7, 11) is 0. The molecule has 2 aliphatic rings. The molecule has 3 heterocycles. The summed E-state index contributed by atoms with van der Waals surface area (Å²) in [5.74, 6) is -0.740. The standard InChI is InChI=1S/C24H29F3N4O3S/c1-5-34-22(33)30-12-9-19(30)31-14-18(23(2,3)4)35-21(31)28-20(32)16-13-15(24(25,26)27)7-8-17(16)29-10-6-11-29/h7-8,13-14,19H,5-6,9-12H2,1-4H3/b28-21-. The molecule has 1 aromatic carbocycles. The summed E-state index contributed by atoms with van der Waals surface area (Å²) >= 11 is 1.30. The van der Waals surface area contributed by atoms with Gasteiger partial charge in [0.15, 0.2) is 4.80 Å². The van der Waals surface area contributed by atoms with Gasteiger partial charge in [-0.05, 0) is 37.0 Å². The van der Waals surface area contributed by atoms with E-state index in [0.717, 1.165) is 23.4 Å². The molecule has 1 aromatic heterocycles. The summed E-state index contributed by atoms with van der Waals surface area (Å²) < 4.78 is 47.2. The molecule has 0 spiro atoms. The van der Waals surface area contributed by atoms with Gasteiger partial charge in [-0.1, -0.05) is 20.8 Å². The van der Waals surface area contributed by atoms with Crippen LogP contribution in [0.1, 0.15) is 67.5 Å². The number of rotatable bonds is 4. The minimum atomic E-state index is -4.57. The van der Waals surface area contributed by atoms with Gasteiger partial charge in [-0.25, -0.2) is 4.79 Å². The number of likely N-dealkylation sites (tertiary alicyclic amines) is 1. The molecular formula is C24H29F3N4O3S. The molecule has 11 heteroatoms. The van der Waals surface area contributed by atoms with Gasteiger partial charge in [0.2, 0.25) is 0 Å². The predicted octanol–water partition coefficient (Wildman–Crippen LogP) is 5.18. The van der Waals surface area contributed by atoms with Crippen LogP contribution in [0.4, 0.5) is 23.7 Å². The van der Waals surface area contributed by atoms with Crippen molar-refractivity contribution < 1.29 is 27.5 Å². The molecule has 190 valence electrons. The fourth-order valence-electron chi connectivity index (χ4n) is 3.95. The van der Waals surface area contributed by atoms with Crippen molar-refractivity contribution in [2.45, 2.75) is 58.3 Å². The molecule has 0 saturated carbocycles. The van der Waals surface area contributed by atoms with Gasteiger partial charge < -0.3 is 14.2 Å². The van der Waals surface area contributed by atoms with E-state index in [1.807, 2.05) is 31.9 Å². The minimum Gasteiger partial charge on any atom is -0.450 e. The molecule has 4 rings (SSSR count). The Morgan fingerprint density at radius 1 is 1.17 bits per heavy atom. The van der Waals surface area contributed by atoms with Crippen LogP contribution in [0.3, 0.4) is 0 Å². The average molecular weight is 511 g/mol. The molecule has 0 aliphatic carbocycles. The molecule has 1 atom stereocenters. The third kappa shape index (κ3) is 5.10. The largest absolute Gasteiger partial charge is 0.450 e. The van der Waals surface area contributed by atoms with Crippen LogP contribution >= 0.6 is 11.3 Å². The van der Waals surface area contributed by atoms with Crippen LogP contribution in [0.15, 0.2) is 29.4 Å². The number of thiazole rings is 1. The Bertz CT molecular complexity index is 1190. The lowest BCUT2D eigenvalue weighted by Gasteiger charge is -2.40. The van der Waals surface area contributed by atoms with Gasteiger partial charge in [0.05, 0.1) is 17.7 Å². The van der Waals surface area contributed by atoms with E-state index in [1.165, 1.54) is 17.4 Å². The Morgan fingerprint density at radius 3 is 2.40 bits per heavy atom. The maximum atomic E-state index is 13.4. The molecule has 2 amide bonds. The maximum Gasteiger partial charge on any atom is 0.416 e. The number of carbonyl (C=O) groups excluding carboxylic acids is 2. The van der Waals surface area contributed by atoms with Crippen LogP contribution in [-0.4, -0.2) is 47.7 Å². The van der Waals surface area contributed by atoms with Crippen molar-refractivity contribution in [3.05, 3.63) is 45.2 Å². The Balaban J connectivity index is 1.78. The van der Waals surface area contributed by atoms with Crippen LogP contribution in [0.2, 0.25) is 0 Å². The molecule has 2 fully saturated rings. The van der Waals surface area contributed by atoms with Gasteiger partial charge in [0.25, 0.3) is 5.91 Å². The number of hydrogen-bond acceptors (Lipinski definition) is 5. The first-order chi connectivity index (χ1) is 16.4. The van der Waals surface area contributed by atoms with Crippen molar-refractivity contribution in [3.63, 3.8) is 0 Å². The van der Waals surface area contributed by atoms with E-state index >= 15 is 0 Å². The lowest BCUT2D eigenvalue weighted by molar-refractivity contribution is -0.137. The number of hydrogen-bond donors (Lipinski definition) is 0. The first kappa shape index (κ1) is 25.3. The second kappa shape index (κ2) is 9.33.